The molecule has 0 saturated carbocycles. The molecule has 0 spiro atoms. The third-order valence-electron chi connectivity index (χ3n) is 3.57. The highest BCUT2D eigenvalue weighted by molar-refractivity contribution is 6.31. The van der Waals surface area contributed by atoms with Crippen LogP contribution >= 0.6 is 11.6 Å². The fraction of sp³-hybridized carbons (Fsp3) is 0.222. The van der Waals surface area contributed by atoms with Crippen LogP contribution in [0.3, 0.4) is 0 Å². The van der Waals surface area contributed by atoms with Gasteiger partial charge in [0.2, 0.25) is 0 Å². The lowest BCUT2D eigenvalue weighted by atomic mass is 10.1. The summed E-state index contributed by atoms with van der Waals surface area (Å²) in [5.74, 6) is -1.33. The first-order valence-corrected chi connectivity index (χ1v) is 7.73. The van der Waals surface area contributed by atoms with Gasteiger partial charge in [-0.15, -0.1) is 0 Å². The minimum Gasteiger partial charge on any atom is -0.481 e. The largest absolute Gasteiger partial charge is 0.481 e. The second kappa shape index (κ2) is 8.44. The molecule has 0 aliphatic heterocycles. The molecular formula is C18H16ClFN2O2. The van der Waals surface area contributed by atoms with E-state index in [2.05, 4.69) is 0 Å². The SMILES string of the molecule is N#Cc1ccc(CN(CCC(=O)O)Cc2c(F)cccc2Cl)cc1. The van der Waals surface area contributed by atoms with Gasteiger partial charge in [0.25, 0.3) is 0 Å². The Hall–Kier alpha value is -2.42. The summed E-state index contributed by atoms with van der Waals surface area (Å²) in [6.07, 6.45) is -0.0532. The van der Waals surface area contributed by atoms with Gasteiger partial charge in [0, 0.05) is 30.2 Å². The number of aliphatic carboxylic acids is 1. The molecule has 0 amide bonds. The van der Waals surface area contributed by atoms with E-state index in [1.807, 2.05) is 11.0 Å². The van der Waals surface area contributed by atoms with E-state index < -0.39 is 11.8 Å². The molecule has 0 unspecified atom stereocenters. The van der Waals surface area contributed by atoms with Crippen LogP contribution in [0.5, 0.6) is 0 Å². The molecule has 24 heavy (non-hydrogen) atoms. The number of carbonyl (C=O) groups is 1. The molecule has 2 aromatic rings. The first-order chi connectivity index (χ1) is 11.5. The Bertz CT molecular complexity index is 736. The number of rotatable bonds is 7. The molecule has 0 heterocycles. The van der Waals surface area contributed by atoms with Gasteiger partial charge in [0.05, 0.1) is 18.1 Å². The number of carboxylic acid groups (broad SMARTS) is 1. The summed E-state index contributed by atoms with van der Waals surface area (Å²) in [5, 5.41) is 18.1. The Balaban J connectivity index is 2.17. The highest BCUT2D eigenvalue weighted by atomic mass is 35.5. The summed E-state index contributed by atoms with van der Waals surface area (Å²) in [4.78, 5) is 12.7. The number of halogens is 2. The maximum Gasteiger partial charge on any atom is 0.304 e. The number of benzene rings is 2. The van der Waals surface area contributed by atoms with Gasteiger partial charge in [-0.1, -0.05) is 29.8 Å². The Kier molecular flexibility index (Phi) is 6.30. The Morgan fingerprint density at radius 2 is 1.92 bits per heavy atom. The van der Waals surface area contributed by atoms with Crippen LogP contribution in [0.2, 0.25) is 5.02 Å². The maximum absolute atomic E-state index is 14.0. The number of hydrogen-bond acceptors (Lipinski definition) is 3. The van der Waals surface area contributed by atoms with Gasteiger partial charge >= 0.3 is 5.97 Å². The van der Waals surface area contributed by atoms with E-state index in [0.717, 1.165) is 5.56 Å². The molecule has 0 aromatic heterocycles. The molecule has 0 aliphatic rings. The van der Waals surface area contributed by atoms with Crippen LogP contribution in [-0.4, -0.2) is 22.5 Å². The van der Waals surface area contributed by atoms with Crippen molar-refractivity contribution >= 4 is 17.6 Å². The molecule has 0 radical (unpaired) electrons. The Labute approximate surface area is 144 Å². The van der Waals surface area contributed by atoms with Crippen LogP contribution in [0.15, 0.2) is 42.5 Å². The molecule has 0 atom stereocenters. The lowest BCUT2D eigenvalue weighted by Gasteiger charge is -2.22. The summed E-state index contributed by atoms with van der Waals surface area (Å²) >= 11 is 6.06. The van der Waals surface area contributed by atoms with Crippen LogP contribution in [0.1, 0.15) is 23.1 Å². The molecule has 1 N–H and O–H groups in total. The van der Waals surface area contributed by atoms with E-state index in [4.69, 9.17) is 22.0 Å². The first kappa shape index (κ1) is 17.9. The van der Waals surface area contributed by atoms with Gasteiger partial charge in [-0.25, -0.2) is 4.39 Å². The van der Waals surface area contributed by atoms with Gasteiger partial charge in [0.15, 0.2) is 0 Å². The van der Waals surface area contributed by atoms with Crippen molar-refractivity contribution in [3.05, 3.63) is 70.0 Å². The molecule has 2 rings (SSSR count). The number of nitrogens with zero attached hydrogens (tertiary/aromatic N) is 2. The fourth-order valence-corrected chi connectivity index (χ4v) is 2.54. The highest BCUT2D eigenvalue weighted by Gasteiger charge is 2.14. The lowest BCUT2D eigenvalue weighted by Crippen LogP contribution is -2.26. The van der Waals surface area contributed by atoms with Gasteiger partial charge in [-0.05, 0) is 29.8 Å². The molecular weight excluding hydrogens is 331 g/mol. The van der Waals surface area contributed by atoms with Crippen LogP contribution in [0, 0.1) is 17.1 Å². The van der Waals surface area contributed by atoms with Crippen LogP contribution < -0.4 is 0 Å². The minimum absolute atomic E-state index is 0.0532. The second-order valence-corrected chi connectivity index (χ2v) is 5.77. The zero-order valence-corrected chi connectivity index (χ0v) is 13.6. The molecule has 6 heteroatoms. The number of nitriles is 1. The van der Waals surface area contributed by atoms with Crippen LogP contribution in [0.25, 0.3) is 0 Å². The van der Waals surface area contributed by atoms with Crippen molar-refractivity contribution in [3.8, 4) is 6.07 Å². The predicted octanol–water partition coefficient (Wildman–Crippen LogP) is 3.83. The third kappa shape index (κ3) is 5.05. The molecule has 4 nitrogen and oxygen atoms in total. The van der Waals surface area contributed by atoms with E-state index in [-0.39, 0.29) is 19.5 Å². The van der Waals surface area contributed by atoms with Crippen molar-refractivity contribution in [1.82, 2.24) is 4.90 Å². The summed E-state index contributed by atoms with van der Waals surface area (Å²) in [6.45, 7) is 0.905. The minimum atomic E-state index is -0.917. The fourth-order valence-electron chi connectivity index (χ4n) is 2.32. The zero-order chi connectivity index (χ0) is 17.5. The van der Waals surface area contributed by atoms with Gasteiger partial charge in [-0.3, -0.25) is 9.69 Å². The smallest absolute Gasteiger partial charge is 0.304 e. The highest BCUT2D eigenvalue weighted by Crippen LogP contribution is 2.22. The van der Waals surface area contributed by atoms with Crippen LogP contribution in [-0.2, 0) is 17.9 Å². The lowest BCUT2D eigenvalue weighted by molar-refractivity contribution is -0.137. The molecule has 2 aromatic carbocycles. The summed E-state index contributed by atoms with van der Waals surface area (Å²) in [5.41, 5.74) is 1.80. The molecule has 0 saturated heterocycles. The third-order valence-corrected chi connectivity index (χ3v) is 3.93. The summed E-state index contributed by atoms with van der Waals surface area (Å²) < 4.78 is 14.0. The monoisotopic (exact) mass is 346 g/mol. The Morgan fingerprint density at radius 3 is 2.50 bits per heavy atom. The van der Waals surface area contributed by atoms with E-state index >= 15 is 0 Å². The number of carboxylic acids is 1. The maximum atomic E-state index is 14.0. The molecule has 0 fully saturated rings. The van der Waals surface area contributed by atoms with Gasteiger partial charge in [0.1, 0.15) is 5.82 Å². The molecule has 124 valence electrons. The van der Waals surface area contributed by atoms with Crippen molar-refractivity contribution in [1.29, 1.82) is 5.26 Å². The molecule has 0 aliphatic carbocycles. The van der Waals surface area contributed by atoms with Gasteiger partial charge in [-0.2, -0.15) is 5.26 Å². The topological polar surface area (TPSA) is 64.3 Å². The van der Waals surface area contributed by atoms with E-state index in [1.54, 1.807) is 30.3 Å². The number of hydrogen-bond donors (Lipinski definition) is 1. The van der Waals surface area contributed by atoms with E-state index in [0.29, 0.717) is 22.7 Å². The van der Waals surface area contributed by atoms with E-state index in [9.17, 15) is 9.18 Å². The van der Waals surface area contributed by atoms with Crippen molar-refractivity contribution in [3.63, 3.8) is 0 Å². The van der Waals surface area contributed by atoms with Gasteiger partial charge < -0.3 is 5.11 Å². The van der Waals surface area contributed by atoms with Crippen molar-refractivity contribution in [2.75, 3.05) is 6.54 Å². The average Bonchev–Trinajstić information content (AvgIpc) is 2.56. The van der Waals surface area contributed by atoms with Crippen molar-refractivity contribution < 1.29 is 14.3 Å². The Morgan fingerprint density at radius 1 is 1.21 bits per heavy atom. The molecule has 0 bridgehead atoms. The normalized spacial score (nSPS) is 10.6. The standard InChI is InChI=1S/C18H16ClFN2O2/c19-16-2-1-3-17(20)15(16)12-22(9-8-18(23)24)11-14-6-4-13(10-21)5-7-14/h1-7H,8-9,11-12H2,(H,23,24). The van der Waals surface area contributed by atoms with Crippen molar-refractivity contribution in [2.24, 2.45) is 0 Å². The first-order valence-electron chi connectivity index (χ1n) is 7.35. The summed E-state index contributed by atoms with van der Waals surface area (Å²) in [6, 6.07) is 13.5. The summed E-state index contributed by atoms with van der Waals surface area (Å²) in [7, 11) is 0. The average molecular weight is 347 g/mol. The zero-order valence-electron chi connectivity index (χ0n) is 12.9. The van der Waals surface area contributed by atoms with E-state index in [1.165, 1.54) is 12.1 Å². The quantitative estimate of drug-likeness (QED) is 0.827. The van der Waals surface area contributed by atoms with Crippen LogP contribution in [0.4, 0.5) is 4.39 Å². The van der Waals surface area contributed by atoms with Crippen molar-refractivity contribution in [2.45, 2.75) is 19.5 Å². The second-order valence-electron chi connectivity index (χ2n) is 5.36. The predicted molar refractivity (Wildman–Crippen MR) is 88.9 cm³/mol.